The van der Waals surface area contributed by atoms with Crippen molar-refractivity contribution in [2.75, 3.05) is 27.9 Å². The molecule has 0 aromatic heterocycles. The van der Waals surface area contributed by atoms with Gasteiger partial charge in [0.05, 0.1) is 27.2 Å². The topological polar surface area (TPSA) is 75.6 Å². The third-order valence-corrected chi connectivity index (χ3v) is 3.59. The molecule has 0 N–H and O–H groups in total. The second-order valence-corrected chi connectivity index (χ2v) is 4.65. The summed E-state index contributed by atoms with van der Waals surface area (Å²) in [7, 11) is 4.42. The van der Waals surface area contributed by atoms with Crippen molar-refractivity contribution in [3.63, 3.8) is 0 Å². The van der Waals surface area contributed by atoms with E-state index < -0.39 is 12.1 Å². The monoisotopic (exact) mass is 293 g/mol. The van der Waals surface area contributed by atoms with E-state index in [2.05, 4.69) is 5.16 Å². The Morgan fingerprint density at radius 2 is 1.95 bits per heavy atom. The summed E-state index contributed by atoms with van der Waals surface area (Å²) in [5, 5.41) is 4.02. The third-order valence-electron chi connectivity index (χ3n) is 3.59. The first-order valence-corrected chi connectivity index (χ1v) is 6.40. The van der Waals surface area contributed by atoms with E-state index >= 15 is 0 Å². The average molecular weight is 293 g/mol. The number of hydrogen-bond donors (Lipinski definition) is 0. The van der Waals surface area contributed by atoms with Gasteiger partial charge in [-0.3, -0.25) is 0 Å². The van der Waals surface area contributed by atoms with Gasteiger partial charge in [0.25, 0.3) is 0 Å². The first kappa shape index (κ1) is 13.5. The van der Waals surface area contributed by atoms with E-state index in [1.54, 1.807) is 26.4 Å². The number of rotatable bonds is 3. The number of nitrogens with zero attached hydrogens (tertiary/aromatic N) is 1. The molecule has 2 unspecified atom stereocenters. The van der Waals surface area contributed by atoms with Crippen LogP contribution < -0.4 is 14.2 Å². The number of esters is 1. The molecular weight excluding hydrogens is 278 g/mol. The Hall–Kier alpha value is -2.44. The number of benzene rings is 1. The molecule has 2 atom stereocenters. The first-order valence-electron chi connectivity index (χ1n) is 6.40. The fraction of sp³-hybridized carbons (Fsp3) is 0.429. The maximum atomic E-state index is 11.7. The van der Waals surface area contributed by atoms with Crippen LogP contribution in [0.15, 0.2) is 17.3 Å². The van der Waals surface area contributed by atoms with E-state index in [9.17, 15) is 4.79 Å². The minimum absolute atomic E-state index is 0.289. The van der Waals surface area contributed by atoms with Gasteiger partial charge in [-0.25, -0.2) is 4.79 Å². The zero-order valence-electron chi connectivity index (χ0n) is 11.9. The van der Waals surface area contributed by atoms with Gasteiger partial charge in [-0.15, -0.1) is 0 Å². The maximum Gasteiger partial charge on any atom is 0.350 e. The summed E-state index contributed by atoms with van der Waals surface area (Å²) in [6, 6.07) is 3.50. The number of methoxy groups -OCH3 is 3. The van der Waals surface area contributed by atoms with E-state index in [1.807, 2.05) is 0 Å². The Labute approximate surface area is 121 Å². The first-order chi connectivity index (χ1) is 10.2. The molecule has 1 aromatic rings. The lowest BCUT2D eigenvalue weighted by Crippen LogP contribution is -2.38. The molecule has 0 aliphatic carbocycles. The summed E-state index contributed by atoms with van der Waals surface area (Å²) in [5.41, 5.74) is 1.39. The van der Waals surface area contributed by atoms with Gasteiger partial charge in [0, 0.05) is 11.6 Å². The second-order valence-electron chi connectivity index (χ2n) is 4.65. The van der Waals surface area contributed by atoms with E-state index in [0.717, 1.165) is 5.56 Å². The van der Waals surface area contributed by atoms with Crippen LogP contribution in [0.5, 0.6) is 17.2 Å². The summed E-state index contributed by atoms with van der Waals surface area (Å²) in [6.07, 6.45) is -0.772. The molecule has 2 heterocycles. The van der Waals surface area contributed by atoms with Gasteiger partial charge in [-0.1, -0.05) is 5.16 Å². The zero-order valence-corrected chi connectivity index (χ0v) is 11.9. The molecule has 1 aromatic carbocycles. The summed E-state index contributed by atoms with van der Waals surface area (Å²) >= 11 is 0. The standard InChI is InChI=1S/C14H15NO6/c1-17-10-4-7-9(5-11(10)18-2)20-6-8-12(7)15-21-13(8)14(16)19-3/h4-5,8,13H,6H2,1-3H3. The molecule has 3 rings (SSSR count). The van der Waals surface area contributed by atoms with Crippen molar-refractivity contribution in [1.82, 2.24) is 0 Å². The summed E-state index contributed by atoms with van der Waals surface area (Å²) in [5.74, 6) is 0.995. The van der Waals surface area contributed by atoms with Gasteiger partial charge in [0.2, 0.25) is 6.10 Å². The Morgan fingerprint density at radius 1 is 1.24 bits per heavy atom. The molecule has 7 nitrogen and oxygen atoms in total. The van der Waals surface area contributed by atoms with Crippen LogP contribution in [0.25, 0.3) is 0 Å². The molecule has 0 spiro atoms. The van der Waals surface area contributed by atoms with Crippen molar-refractivity contribution in [2.45, 2.75) is 6.10 Å². The molecule has 21 heavy (non-hydrogen) atoms. The highest BCUT2D eigenvalue weighted by Gasteiger charge is 2.44. The van der Waals surface area contributed by atoms with Crippen molar-refractivity contribution in [3.05, 3.63) is 17.7 Å². The smallest absolute Gasteiger partial charge is 0.350 e. The Kier molecular flexibility index (Phi) is 3.32. The molecule has 0 amide bonds. The minimum Gasteiger partial charge on any atom is -0.493 e. The van der Waals surface area contributed by atoms with E-state index in [-0.39, 0.29) is 5.92 Å². The molecule has 7 heteroatoms. The van der Waals surface area contributed by atoms with Crippen molar-refractivity contribution >= 4 is 11.7 Å². The van der Waals surface area contributed by atoms with Crippen molar-refractivity contribution in [2.24, 2.45) is 11.1 Å². The predicted octanol–water partition coefficient (Wildman–Crippen LogP) is 0.988. The normalized spacial score (nSPS) is 22.1. The van der Waals surface area contributed by atoms with Crippen molar-refractivity contribution in [1.29, 1.82) is 0 Å². The fourth-order valence-corrected chi connectivity index (χ4v) is 2.50. The fourth-order valence-electron chi connectivity index (χ4n) is 2.50. The molecule has 0 saturated carbocycles. The van der Waals surface area contributed by atoms with Gasteiger partial charge in [0.1, 0.15) is 18.1 Å². The van der Waals surface area contributed by atoms with Crippen LogP contribution in [0, 0.1) is 5.92 Å². The minimum atomic E-state index is -0.772. The zero-order chi connectivity index (χ0) is 15.0. The van der Waals surface area contributed by atoms with Crippen LogP contribution in [0.2, 0.25) is 0 Å². The average Bonchev–Trinajstić information content (AvgIpc) is 2.96. The van der Waals surface area contributed by atoms with Gasteiger partial charge >= 0.3 is 5.97 Å². The largest absolute Gasteiger partial charge is 0.493 e. The highest BCUT2D eigenvalue weighted by molar-refractivity contribution is 6.08. The summed E-state index contributed by atoms with van der Waals surface area (Å²) in [6.45, 7) is 0.293. The molecule has 2 aliphatic heterocycles. The van der Waals surface area contributed by atoms with E-state index in [0.29, 0.717) is 29.6 Å². The molecule has 0 radical (unpaired) electrons. The molecule has 112 valence electrons. The lowest BCUT2D eigenvalue weighted by molar-refractivity contribution is -0.154. The number of oxime groups is 1. The molecular formula is C14H15NO6. The highest BCUT2D eigenvalue weighted by atomic mass is 16.7. The second kappa shape index (κ2) is 5.16. The predicted molar refractivity (Wildman–Crippen MR) is 72.0 cm³/mol. The molecule has 0 bridgehead atoms. The van der Waals surface area contributed by atoms with Crippen LogP contribution in [0.1, 0.15) is 5.56 Å². The van der Waals surface area contributed by atoms with Gasteiger partial charge in [-0.2, -0.15) is 0 Å². The Balaban J connectivity index is 1.99. The molecule has 0 fully saturated rings. The lowest BCUT2D eigenvalue weighted by Gasteiger charge is -2.25. The van der Waals surface area contributed by atoms with Crippen molar-refractivity contribution < 1.29 is 28.6 Å². The maximum absolute atomic E-state index is 11.7. The summed E-state index contributed by atoms with van der Waals surface area (Å²) in [4.78, 5) is 16.9. The molecule has 0 saturated heterocycles. The van der Waals surface area contributed by atoms with Gasteiger partial charge in [0.15, 0.2) is 11.5 Å². The van der Waals surface area contributed by atoms with Gasteiger partial charge < -0.3 is 23.8 Å². The van der Waals surface area contributed by atoms with Crippen LogP contribution in [-0.2, 0) is 14.4 Å². The SMILES string of the molecule is COC(=O)C1ON=C2c3cc(OC)c(OC)cc3OCC21. The summed E-state index contributed by atoms with van der Waals surface area (Å²) < 4.78 is 20.9. The number of carbonyl (C=O) groups excluding carboxylic acids is 1. The van der Waals surface area contributed by atoms with E-state index in [4.69, 9.17) is 23.8 Å². The van der Waals surface area contributed by atoms with Gasteiger partial charge in [-0.05, 0) is 6.07 Å². The van der Waals surface area contributed by atoms with Crippen LogP contribution in [0.4, 0.5) is 0 Å². The number of hydrogen-bond acceptors (Lipinski definition) is 7. The quantitative estimate of drug-likeness (QED) is 0.774. The lowest BCUT2D eigenvalue weighted by atomic mass is 9.90. The Morgan fingerprint density at radius 3 is 2.62 bits per heavy atom. The van der Waals surface area contributed by atoms with Crippen molar-refractivity contribution in [3.8, 4) is 17.2 Å². The highest BCUT2D eigenvalue weighted by Crippen LogP contribution is 2.40. The third kappa shape index (κ3) is 2.05. The van der Waals surface area contributed by atoms with Crippen LogP contribution in [-0.4, -0.2) is 45.7 Å². The number of fused-ring (bicyclic) bond motifs is 3. The number of carbonyl (C=O) groups is 1. The Bertz CT molecular complexity index is 612. The van der Waals surface area contributed by atoms with Crippen LogP contribution in [0.3, 0.4) is 0 Å². The van der Waals surface area contributed by atoms with E-state index in [1.165, 1.54) is 7.11 Å². The molecule has 2 aliphatic rings. The van der Waals surface area contributed by atoms with Crippen LogP contribution >= 0.6 is 0 Å². The number of ether oxygens (including phenoxy) is 4.